The van der Waals surface area contributed by atoms with E-state index in [1.54, 1.807) is 21.8 Å². The molecule has 0 saturated carbocycles. The van der Waals surface area contributed by atoms with Crippen molar-refractivity contribution in [3.05, 3.63) is 84.2 Å². The number of morpholine rings is 1. The molecule has 30 heavy (non-hydrogen) atoms. The second-order valence-electron chi connectivity index (χ2n) is 7.08. The Labute approximate surface area is 171 Å². The molecule has 0 bridgehead atoms. The van der Waals surface area contributed by atoms with Crippen LogP contribution in [0, 0.1) is 5.82 Å². The lowest BCUT2D eigenvalue weighted by Gasteiger charge is -2.32. The molecule has 0 spiro atoms. The maximum Gasteiger partial charge on any atom is 0.254 e. The van der Waals surface area contributed by atoms with Crippen molar-refractivity contribution in [3.63, 3.8) is 0 Å². The minimum atomic E-state index is -0.382. The van der Waals surface area contributed by atoms with Gasteiger partial charge in [0.15, 0.2) is 0 Å². The highest BCUT2D eigenvalue weighted by molar-refractivity contribution is 5.94. The molecule has 4 aromatic rings. The van der Waals surface area contributed by atoms with Crippen molar-refractivity contribution in [2.24, 2.45) is 0 Å². The lowest BCUT2D eigenvalue weighted by molar-refractivity contribution is -0.0241. The quantitative estimate of drug-likeness (QED) is 0.526. The number of pyridine rings is 2. The van der Waals surface area contributed by atoms with Crippen LogP contribution in [0.2, 0.25) is 0 Å². The zero-order chi connectivity index (χ0) is 20.5. The third-order valence-corrected chi connectivity index (χ3v) is 5.20. The van der Waals surface area contributed by atoms with Crippen LogP contribution in [0.1, 0.15) is 22.2 Å². The van der Waals surface area contributed by atoms with Gasteiger partial charge in [-0.3, -0.25) is 9.78 Å². The van der Waals surface area contributed by atoms with Crippen molar-refractivity contribution in [1.82, 2.24) is 24.7 Å². The number of nitrogens with zero attached hydrogens (tertiary/aromatic N) is 5. The number of carbonyl (C=O) groups is 1. The molecular weight excluding hydrogens is 385 g/mol. The van der Waals surface area contributed by atoms with Crippen molar-refractivity contribution < 1.29 is 13.9 Å². The summed E-state index contributed by atoms with van der Waals surface area (Å²) in [5.74, 6) is -0.521. The van der Waals surface area contributed by atoms with E-state index in [0.717, 1.165) is 16.6 Å². The van der Waals surface area contributed by atoms with Gasteiger partial charge < -0.3 is 9.64 Å². The SMILES string of the molecule is O=C(c1ccc(F)cc1)N1CCO[C@@H](c2nnn3cc(-c4ccncc4)ccc23)C1. The fourth-order valence-electron chi connectivity index (χ4n) is 3.63. The number of benzene rings is 1. The number of ether oxygens (including phenoxy) is 1. The zero-order valence-corrected chi connectivity index (χ0v) is 16.0. The van der Waals surface area contributed by atoms with E-state index in [-0.39, 0.29) is 17.8 Å². The van der Waals surface area contributed by atoms with E-state index in [4.69, 9.17) is 4.74 Å². The molecule has 1 amide bonds. The smallest absolute Gasteiger partial charge is 0.254 e. The average molecular weight is 403 g/mol. The molecule has 1 aliphatic heterocycles. The second-order valence-corrected chi connectivity index (χ2v) is 7.08. The molecule has 1 saturated heterocycles. The lowest BCUT2D eigenvalue weighted by atomic mass is 10.1. The number of rotatable bonds is 3. The van der Waals surface area contributed by atoms with Crippen LogP contribution in [-0.2, 0) is 4.74 Å². The number of halogens is 1. The van der Waals surface area contributed by atoms with Crippen LogP contribution in [0.15, 0.2) is 67.1 Å². The van der Waals surface area contributed by atoms with Gasteiger partial charge in [0.05, 0.1) is 18.7 Å². The van der Waals surface area contributed by atoms with E-state index in [1.165, 1.54) is 24.3 Å². The molecule has 1 aliphatic rings. The summed E-state index contributed by atoms with van der Waals surface area (Å²) >= 11 is 0. The van der Waals surface area contributed by atoms with Gasteiger partial charge in [0.2, 0.25) is 0 Å². The fraction of sp³-hybridized carbons (Fsp3) is 0.182. The van der Waals surface area contributed by atoms with Crippen molar-refractivity contribution in [3.8, 4) is 11.1 Å². The predicted octanol–water partition coefficient (Wildman–Crippen LogP) is 3.14. The molecule has 1 atom stereocenters. The van der Waals surface area contributed by atoms with Gasteiger partial charge in [0, 0.05) is 36.3 Å². The average Bonchev–Trinajstić information content (AvgIpc) is 3.23. The van der Waals surface area contributed by atoms with E-state index in [9.17, 15) is 9.18 Å². The molecule has 0 aliphatic carbocycles. The number of hydrogen-bond donors (Lipinski definition) is 0. The molecule has 0 unspecified atom stereocenters. The van der Waals surface area contributed by atoms with E-state index >= 15 is 0 Å². The molecule has 4 heterocycles. The minimum absolute atomic E-state index is 0.153. The zero-order valence-electron chi connectivity index (χ0n) is 16.0. The normalized spacial score (nSPS) is 16.7. The molecule has 5 rings (SSSR count). The molecule has 1 fully saturated rings. The van der Waals surface area contributed by atoms with Gasteiger partial charge in [-0.05, 0) is 48.0 Å². The predicted molar refractivity (Wildman–Crippen MR) is 107 cm³/mol. The van der Waals surface area contributed by atoms with Gasteiger partial charge in [-0.25, -0.2) is 8.91 Å². The highest BCUT2D eigenvalue weighted by Crippen LogP contribution is 2.27. The molecule has 0 N–H and O–H groups in total. The molecule has 8 heteroatoms. The number of hydrogen-bond acceptors (Lipinski definition) is 5. The van der Waals surface area contributed by atoms with Crippen LogP contribution in [-0.4, -0.2) is 50.3 Å². The maximum absolute atomic E-state index is 13.2. The van der Waals surface area contributed by atoms with E-state index in [1.807, 2.05) is 30.5 Å². The number of fused-ring (bicyclic) bond motifs is 1. The van der Waals surface area contributed by atoms with Crippen LogP contribution in [0.25, 0.3) is 16.6 Å². The Morgan fingerprint density at radius 2 is 1.83 bits per heavy atom. The van der Waals surface area contributed by atoms with Crippen molar-refractivity contribution >= 4 is 11.4 Å². The highest BCUT2D eigenvalue weighted by Gasteiger charge is 2.29. The summed E-state index contributed by atoms with van der Waals surface area (Å²) in [4.78, 5) is 18.5. The minimum Gasteiger partial charge on any atom is -0.368 e. The summed E-state index contributed by atoms with van der Waals surface area (Å²) in [6, 6.07) is 13.4. The largest absolute Gasteiger partial charge is 0.368 e. The van der Waals surface area contributed by atoms with E-state index < -0.39 is 0 Å². The summed E-state index contributed by atoms with van der Waals surface area (Å²) in [6.45, 7) is 1.22. The second kappa shape index (κ2) is 7.64. The third kappa shape index (κ3) is 3.42. The van der Waals surface area contributed by atoms with Crippen LogP contribution in [0.5, 0.6) is 0 Å². The van der Waals surface area contributed by atoms with Crippen LogP contribution in [0.4, 0.5) is 4.39 Å². The van der Waals surface area contributed by atoms with Crippen molar-refractivity contribution in [2.75, 3.05) is 19.7 Å². The maximum atomic E-state index is 13.2. The first-order valence-corrected chi connectivity index (χ1v) is 9.61. The Kier molecular flexibility index (Phi) is 4.68. The van der Waals surface area contributed by atoms with E-state index in [0.29, 0.717) is 31.0 Å². The molecule has 0 radical (unpaired) electrons. The highest BCUT2D eigenvalue weighted by atomic mass is 19.1. The first-order valence-electron chi connectivity index (χ1n) is 9.61. The monoisotopic (exact) mass is 403 g/mol. The molecule has 7 nitrogen and oxygen atoms in total. The summed E-state index contributed by atoms with van der Waals surface area (Å²) in [7, 11) is 0. The first kappa shape index (κ1) is 18.4. The molecule has 3 aromatic heterocycles. The van der Waals surface area contributed by atoms with Crippen LogP contribution >= 0.6 is 0 Å². The first-order chi connectivity index (χ1) is 14.7. The van der Waals surface area contributed by atoms with Crippen LogP contribution < -0.4 is 0 Å². The Balaban J connectivity index is 1.39. The van der Waals surface area contributed by atoms with Gasteiger partial charge in [0.25, 0.3) is 5.91 Å². The van der Waals surface area contributed by atoms with Gasteiger partial charge in [-0.1, -0.05) is 11.3 Å². The van der Waals surface area contributed by atoms with Gasteiger partial charge in [0.1, 0.15) is 17.6 Å². The molecule has 1 aromatic carbocycles. The number of amides is 1. The lowest BCUT2D eigenvalue weighted by Crippen LogP contribution is -2.42. The van der Waals surface area contributed by atoms with Crippen molar-refractivity contribution in [1.29, 1.82) is 0 Å². The van der Waals surface area contributed by atoms with Gasteiger partial charge in [-0.15, -0.1) is 5.10 Å². The summed E-state index contributed by atoms with van der Waals surface area (Å²) in [5.41, 5.74) is 4.00. The van der Waals surface area contributed by atoms with Crippen molar-refractivity contribution in [2.45, 2.75) is 6.10 Å². The Hall–Kier alpha value is -3.65. The van der Waals surface area contributed by atoms with Gasteiger partial charge in [-0.2, -0.15) is 0 Å². The summed E-state index contributed by atoms with van der Waals surface area (Å²) < 4.78 is 20.8. The summed E-state index contributed by atoms with van der Waals surface area (Å²) in [6.07, 6.45) is 5.02. The van der Waals surface area contributed by atoms with Gasteiger partial charge >= 0.3 is 0 Å². The fourth-order valence-corrected chi connectivity index (χ4v) is 3.63. The Morgan fingerprint density at radius 3 is 2.63 bits per heavy atom. The third-order valence-electron chi connectivity index (χ3n) is 5.20. The van der Waals surface area contributed by atoms with E-state index in [2.05, 4.69) is 15.3 Å². The summed E-state index contributed by atoms with van der Waals surface area (Å²) in [5, 5.41) is 8.56. The number of aromatic nitrogens is 4. The topological polar surface area (TPSA) is 72.6 Å². The Morgan fingerprint density at radius 1 is 1.03 bits per heavy atom. The Bertz CT molecular complexity index is 1190. The van der Waals surface area contributed by atoms with Crippen LogP contribution in [0.3, 0.4) is 0 Å². The standard InChI is InChI=1S/C22H18FN5O2/c23-18-4-1-16(2-5-18)22(29)27-11-12-30-20(14-27)21-19-6-3-17(13-28(19)26-25-21)15-7-9-24-10-8-15/h1-10,13,20H,11-12,14H2/t20-/m1/s1. The molecule has 150 valence electrons. The number of carbonyl (C=O) groups excluding carboxylic acids is 1. The molecular formula is C22H18FN5O2.